The molecule has 0 radical (unpaired) electrons. The predicted octanol–water partition coefficient (Wildman–Crippen LogP) is 3.54. The van der Waals surface area contributed by atoms with Crippen molar-refractivity contribution in [1.82, 2.24) is 0 Å². The molecule has 4 aliphatic rings. The first-order valence-corrected chi connectivity index (χ1v) is 12.2. The maximum Gasteiger partial charge on any atom is 0.305 e. The van der Waals surface area contributed by atoms with E-state index in [0.29, 0.717) is 30.1 Å². The molecule has 0 aromatic carbocycles. The third kappa shape index (κ3) is 3.44. The molecule has 30 heavy (non-hydrogen) atoms. The summed E-state index contributed by atoms with van der Waals surface area (Å²) in [7, 11) is 1.44. The molecular weight excluding hydrogens is 380 g/mol. The van der Waals surface area contributed by atoms with E-state index < -0.39 is 0 Å². The number of esters is 1. The van der Waals surface area contributed by atoms with Crippen molar-refractivity contribution in [1.29, 1.82) is 0 Å². The smallest absolute Gasteiger partial charge is 0.305 e. The second-order valence-corrected chi connectivity index (χ2v) is 11.7. The van der Waals surface area contributed by atoms with Crippen LogP contribution in [0.3, 0.4) is 0 Å². The maximum absolute atomic E-state index is 11.7. The zero-order valence-electron chi connectivity index (χ0n) is 19.2. The van der Waals surface area contributed by atoms with E-state index in [1.165, 1.54) is 7.11 Å². The van der Waals surface area contributed by atoms with Crippen molar-refractivity contribution >= 4 is 5.97 Å². The maximum atomic E-state index is 11.7. The van der Waals surface area contributed by atoms with Gasteiger partial charge in [-0.25, -0.2) is 0 Å². The van der Waals surface area contributed by atoms with Crippen LogP contribution in [0.1, 0.15) is 78.6 Å². The summed E-state index contributed by atoms with van der Waals surface area (Å²) in [6.45, 7) is 6.96. The van der Waals surface area contributed by atoms with E-state index in [2.05, 4.69) is 20.8 Å². The highest BCUT2D eigenvalue weighted by Crippen LogP contribution is 2.68. The lowest BCUT2D eigenvalue weighted by Gasteiger charge is -2.62. The fourth-order valence-electron chi connectivity index (χ4n) is 8.83. The van der Waals surface area contributed by atoms with Crippen molar-refractivity contribution < 1.29 is 24.9 Å². The molecule has 0 aromatic rings. The normalized spacial score (nSPS) is 51.4. The number of carbonyl (C=O) groups excluding carboxylic acids is 1. The molecule has 11 atom stereocenters. The van der Waals surface area contributed by atoms with Crippen LogP contribution in [0.15, 0.2) is 0 Å². The zero-order valence-corrected chi connectivity index (χ0v) is 19.2. The molecule has 4 aliphatic carbocycles. The Morgan fingerprint density at radius 3 is 2.43 bits per heavy atom. The number of rotatable bonds is 4. The molecule has 172 valence electrons. The predicted molar refractivity (Wildman–Crippen MR) is 114 cm³/mol. The molecule has 0 spiro atoms. The van der Waals surface area contributed by atoms with Gasteiger partial charge in [0.2, 0.25) is 0 Å². The third-order valence-electron chi connectivity index (χ3n) is 10.4. The molecule has 0 aromatic heterocycles. The van der Waals surface area contributed by atoms with Gasteiger partial charge in [-0.3, -0.25) is 4.79 Å². The molecule has 0 bridgehead atoms. The van der Waals surface area contributed by atoms with E-state index in [1.807, 2.05) is 0 Å². The Morgan fingerprint density at radius 2 is 1.73 bits per heavy atom. The SMILES string of the molecule is COC(=O)CC[C@@H](C)[C@H]1C[C@@H](O)[C@H]2[C@@H]3[C@@H](O)C[C@@H]4C[C@H](O)CC[C@]4(C)[C@H]3CC[C@@]21C. The topological polar surface area (TPSA) is 87.0 Å². The van der Waals surface area contributed by atoms with E-state index in [4.69, 9.17) is 4.74 Å². The Morgan fingerprint density at radius 1 is 1.03 bits per heavy atom. The Labute approximate surface area is 181 Å². The van der Waals surface area contributed by atoms with E-state index in [-0.39, 0.29) is 46.9 Å². The standard InChI is InChI=1S/C25H42O5/c1-14(5-6-21(29)30-4)18-13-20(28)23-22-17(8-10-25(18,23)3)24(2)9-7-16(26)11-15(24)12-19(22)27/h14-20,22-23,26-28H,5-13H2,1-4H3/t14-,15+,16-,17+,18-,19+,20-,22+,23+,24+,25-/m1/s1. The van der Waals surface area contributed by atoms with Crippen LogP contribution in [0.2, 0.25) is 0 Å². The minimum Gasteiger partial charge on any atom is -0.469 e. The summed E-state index contributed by atoms with van der Waals surface area (Å²) in [6.07, 6.45) is 6.67. The number of aliphatic hydroxyl groups excluding tert-OH is 3. The van der Waals surface area contributed by atoms with Crippen molar-refractivity contribution in [2.45, 2.75) is 96.9 Å². The van der Waals surface area contributed by atoms with E-state index in [0.717, 1.165) is 51.4 Å². The number of aliphatic hydroxyl groups is 3. The van der Waals surface area contributed by atoms with Gasteiger partial charge in [0.05, 0.1) is 25.4 Å². The van der Waals surface area contributed by atoms with Crippen LogP contribution in [-0.4, -0.2) is 46.7 Å². The molecule has 5 heteroatoms. The molecule has 4 saturated carbocycles. The summed E-state index contributed by atoms with van der Waals surface area (Å²) in [5.74, 6) is 1.64. The molecule has 0 aliphatic heterocycles. The Kier molecular flexibility index (Phi) is 6.04. The molecule has 4 fully saturated rings. The minimum absolute atomic E-state index is 0.00841. The van der Waals surface area contributed by atoms with Crippen molar-refractivity contribution in [3.05, 3.63) is 0 Å². The van der Waals surface area contributed by atoms with Gasteiger partial charge in [0.1, 0.15) is 0 Å². The number of ether oxygens (including phenoxy) is 1. The Hall–Kier alpha value is -0.650. The molecule has 3 N–H and O–H groups in total. The van der Waals surface area contributed by atoms with Gasteiger partial charge in [0.25, 0.3) is 0 Å². The first-order chi connectivity index (χ1) is 14.1. The first kappa shape index (κ1) is 22.5. The van der Waals surface area contributed by atoms with Gasteiger partial charge < -0.3 is 20.1 Å². The van der Waals surface area contributed by atoms with Crippen molar-refractivity contribution in [2.24, 2.45) is 46.3 Å². The second kappa shape index (κ2) is 8.04. The van der Waals surface area contributed by atoms with Gasteiger partial charge in [0.15, 0.2) is 0 Å². The van der Waals surface area contributed by atoms with Gasteiger partial charge in [-0.05, 0) is 97.7 Å². The first-order valence-electron chi connectivity index (χ1n) is 12.2. The average molecular weight is 423 g/mol. The van der Waals surface area contributed by atoms with Crippen molar-refractivity contribution in [2.75, 3.05) is 7.11 Å². The molecule has 0 amide bonds. The lowest BCUT2D eigenvalue weighted by atomic mass is 9.43. The fraction of sp³-hybridized carbons (Fsp3) is 0.960. The van der Waals surface area contributed by atoms with Crippen LogP contribution in [0, 0.1) is 46.3 Å². The van der Waals surface area contributed by atoms with Crippen molar-refractivity contribution in [3.63, 3.8) is 0 Å². The zero-order chi connectivity index (χ0) is 21.8. The lowest BCUT2D eigenvalue weighted by molar-refractivity contribution is -0.185. The fourth-order valence-corrected chi connectivity index (χ4v) is 8.83. The van der Waals surface area contributed by atoms with Crippen LogP contribution in [-0.2, 0) is 9.53 Å². The van der Waals surface area contributed by atoms with E-state index >= 15 is 0 Å². The van der Waals surface area contributed by atoms with Gasteiger partial charge in [-0.2, -0.15) is 0 Å². The third-order valence-corrected chi connectivity index (χ3v) is 10.4. The molecule has 0 saturated heterocycles. The number of fused-ring (bicyclic) bond motifs is 5. The summed E-state index contributed by atoms with van der Waals surface area (Å²) in [4.78, 5) is 11.7. The van der Waals surface area contributed by atoms with E-state index in [9.17, 15) is 20.1 Å². The second-order valence-electron chi connectivity index (χ2n) is 11.7. The van der Waals surface area contributed by atoms with Gasteiger partial charge in [-0.15, -0.1) is 0 Å². The number of methoxy groups -OCH3 is 1. The van der Waals surface area contributed by atoms with Crippen LogP contribution < -0.4 is 0 Å². The Bertz CT molecular complexity index is 651. The number of hydrogen-bond acceptors (Lipinski definition) is 5. The van der Waals surface area contributed by atoms with Crippen molar-refractivity contribution in [3.8, 4) is 0 Å². The van der Waals surface area contributed by atoms with Gasteiger partial charge in [0, 0.05) is 6.42 Å². The summed E-state index contributed by atoms with van der Waals surface area (Å²) in [5, 5.41) is 32.8. The highest BCUT2D eigenvalue weighted by molar-refractivity contribution is 5.69. The summed E-state index contributed by atoms with van der Waals surface area (Å²) in [6, 6.07) is 0. The molecular formula is C25H42O5. The average Bonchev–Trinajstić information content (AvgIpc) is 2.98. The number of carbonyl (C=O) groups is 1. The molecule has 0 heterocycles. The van der Waals surface area contributed by atoms with Crippen LogP contribution >= 0.6 is 0 Å². The summed E-state index contributed by atoms with van der Waals surface area (Å²) >= 11 is 0. The lowest BCUT2D eigenvalue weighted by Crippen LogP contribution is -2.60. The minimum atomic E-state index is -0.387. The van der Waals surface area contributed by atoms with Crippen LogP contribution in [0.5, 0.6) is 0 Å². The number of hydrogen-bond donors (Lipinski definition) is 3. The van der Waals surface area contributed by atoms with Crippen LogP contribution in [0.4, 0.5) is 0 Å². The summed E-state index contributed by atoms with van der Waals surface area (Å²) in [5.41, 5.74) is 0.174. The van der Waals surface area contributed by atoms with Gasteiger partial charge >= 0.3 is 5.97 Å². The molecule has 5 nitrogen and oxygen atoms in total. The van der Waals surface area contributed by atoms with E-state index in [1.54, 1.807) is 0 Å². The highest BCUT2D eigenvalue weighted by Gasteiger charge is 2.65. The summed E-state index contributed by atoms with van der Waals surface area (Å²) < 4.78 is 4.83. The van der Waals surface area contributed by atoms with Crippen LogP contribution in [0.25, 0.3) is 0 Å². The largest absolute Gasteiger partial charge is 0.469 e. The quantitative estimate of drug-likeness (QED) is 0.603. The van der Waals surface area contributed by atoms with Gasteiger partial charge in [-0.1, -0.05) is 20.8 Å². The monoisotopic (exact) mass is 422 g/mol. The highest BCUT2D eigenvalue weighted by atomic mass is 16.5. The molecule has 4 rings (SSSR count). The molecule has 0 unspecified atom stereocenters. The Balaban J connectivity index is 1.57.